The summed E-state index contributed by atoms with van der Waals surface area (Å²) in [7, 11) is -3.38. The highest BCUT2D eigenvalue weighted by molar-refractivity contribution is 7.92. The minimum Gasteiger partial charge on any atom is -0.289 e. The van der Waals surface area contributed by atoms with E-state index < -0.39 is 14.6 Å². The number of aryl methyl sites for hydroxylation is 1. The van der Waals surface area contributed by atoms with Gasteiger partial charge in [0.1, 0.15) is 0 Å². The number of thiol groups is 1. The van der Waals surface area contributed by atoms with Gasteiger partial charge in [-0.2, -0.15) is 0 Å². The van der Waals surface area contributed by atoms with Crippen molar-refractivity contribution in [3.05, 3.63) is 131 Å². The van der Waals surface area contributed by atoms with E-state index in [0.717, 1.165) is 27.1 Å². The largest absolute Gasteiger partial charge is 0.289 e. The van der Waals surface area contributed by atoms with Crippen molar-refractivity contribution in [1.82, 2.24) is 0 Å². The van der Waals surface area contributed by atoms with Crippen LogP contribution in [0.25, 0.3) is 0 Å². The first kappa shape index (κ1) is 26.5. The highest BCUT2D eigenvalue weighted by Gasteiger charge is 2.35. The van der Waals surface area contributed by atoms with Crippen LogP contribution in [0, 0.1) is 6.92 Å². The average Bonchev–Trinajstić information content (AvgIpc) is 2.86. The minimum absolute atomic E-state index is 0.0752. The molecule has 0 fully saturated rings. The SMILES string of the molecule is Cc1ccc(S(=O)(=O)C(C)(C)Cc2ccc(S)cc2)cc1.O=C(c1ccccc1)c1ccccc1. The van der Waals surface area contributed by atoms with Crippen molar-refractivity contribution in [2.75, 3.05) is 0 Å². The van der Waals surface area contributed by atoms with Crippen molar-refractivity contribution in [3.8, 4) is 0 Å². The fourth-order valence-corrected chi connectivity index (χ4v) is 5.22. The summed E-state index contributed by atoms with van der Waals surface area (Å²) in [4.78, 5) is 13.1. The van der Waals surface area contributed by atoms with Gasteiger partial charge in [0.25, 0.3) is 0 Å². The maximum absolute atomic E-state index is 12.8. The highest BCUT2D eigenvalue weighted by atomic mass is 32.2. The van der Waals surface area contributed by atoms with E-state index in [0.29, 0.717) is 11.3 Å². The molecule has 0 N–H and O–H groups in total. The molecule has 180 valence electrons. The molecule has 0 aromatic heterocycles. The van der Waals surface area contributed by atoms with Crippen LogP contribution in [0.2, 0.25) is 0 Å². The van der Waals surface area contributed by atoms with E-state index in [4.69, 9.17) is 0 Å². The first-order valence-corrected chi connectivity index (χ1v) is 13.3. The Balaban J connectivity index is 0.000000211. The zero-order valence-electron chi connectivity index (χ0n) is 20.2. The van der Waals surface area contributed by atoms with Gasteiger partial charge >= 0.3 is 0 Å². The Morgan fingerprint density at radius 3 is 1.63 bits per heavy atom. The molecule has 0 unspecified atom stereocenters. The maximum Gasteiger partial charge on any atom is 0.193 e. The molecule has 0 saturated carbocycles. The summed E-state index contributed by atoms with van der Waals surface area (Å²) in [6, 6.07) is 33.3. The molecule has 4 aromatic carbocycles. The summed E-state index contributed by atoms with van der Waals surface area (Å²) in [5.74, 6) is 0.0752. The van der Waals surface area contributed by atoms with Crippen LogP contribution in [0.5, 0.6) is 0 Å². The van der Waals surface area contributed by atoms with E-state index >= 15 is 0 Å². The second-order valence-corrected chi connectivity index (χ2v) is 12.1. The summed E-state index contributed by atoms with van der Waals surface area (Å²) in [6.07, 6.45) is 0.470. The van der Waals surface area contributed by atoms with Crippen molar-refractivity contribution in [2.24, 2.45) is 0 Å². The predicted octanol–water partition coefficient (Wildman–Crippen LogP) is 7.00. The molecule has 0 bridgehead atoms. The van der Waals surface area contributed by atoms with Crippen LogP contribution >= 0.6 is 12.6 Å². The molecular formula is C30H30O3S2. The zero-order valence-corrected chi connectivity index (χ0v) is 21.9. The van der Waals surface area contributed by atoms with Gasteiger partial charge in [-0.1, -0.05) is 90.5 Å². The number of rotatable bonds is 6. The molecule has 0 saturated heterocycles. The summed E-state index contributed by atoms with van der Waals surface area (Å²) in [5, 5.41) is 0. The third-order valence-corrected chi connectivity index (χ3v) is 8.49. The van der Waals surface area contributed by atoms with Crippen LogP contribution in [-0.2, 0) is 16.3 Å². The van der Waals surface area contributed by atoms with Crippen LogP contribution in [-0.4, -0.2) is 18.9 Å². The number of carbonyl (C=O) groups is 1. The summed E-state index contributed by atoms with van der Waals surface area (Å²) < 4.78 is 24.8. The summed E-state index contributed by atoms with van der Waals surface area (Å²) in [5.41, 5.74) is 3.52. The lowest BCUT2D eigenvalue weighted by Gasteiger charge is -2.25. The Morgan fingerprint density at radius 2 is 1.17 bits per heavy atom. The lowest BCUT2D eigenvalue weighted by Crippen LogP contribution is -2.34. The number of hydrogen-bond donors (Lipinski definition) is 1. The van der Waals surface area contributed by atoms with Crippen molar-refractivity contribution in [1.29, 1.82) is 0 Å². The minimum atomic E-state index is -3.38. The van der Waals surface area contributed by atoms with Crippen LogP contribution in [0.4, 0.5) is 0 Å². The van der Waals surface area contributed by atoms with Crippen LogP contribution in [0.15, 0.2) is 119 Å². The predicted molar refractivity (Wildman–Crippen MR) is 146 cm³/mol. The molecule has 0 aliphatic carbocycles. The van der Waals surface area contributed by atoms with Gasteiger partial charge in [0.05, 0.1) is 9.64 Å². The lowest BCUT2D eigenvalue weighted by molar-refractivity contribution is 0.103. The van der Waals surface area contributed by atoms with Gasteiger partial charge in [0.15, 0.2) is 15.6 Å². The molecule has 0 aliphatic heterocycles. The normalized spacial score (nSPS) is 11.3. The Kier molecular flexibility index (Phi) is 8.71. The Bertz CT molecular complexity index is 1300. The van der Waals surface area contributed by atoms with E-state index in [9.17, 15) is 13.2 Å². The van der Waals surface area contributed by atoms with E-state index in [1.165, 1.54) is 0 Å². The number of carbonyl (C=O) groups excluding carboxylic acids is 1. The Hall–Kier alpha value is -3.15. The van der Waals surface area contributed by atoms with Gasteiger partial charge in [0.2, 0.25) is 0 Å². The van der Waals surface area contributed by atoms with Crippen LogP contribution < -0.4 is 0 Å². The second-order valence-electron chi connectivity index (χ2n) is 8.98. The topological polar surface area (TPSA) is 51.2 Å². The van der Waals surface area contributed by atoms with Gasteiger partial charge in [-0.05, 0) is 57.0 Å². The summed E-state index contributed by atoms with van der Waals surface area (Å²) in [6.45, 7) is 5.49. The molecule has 35 heavy (non-hydrogen) atoms. The number of ketones is 1. The molecule has 0 aliphatic rings. The smallest absolute Gasteiger partial charge is 0.193 e. The van der Waals surface area contributed by atoms with Crippen molar-refractivity contribution >= 4 is 28.2 Å². The Morgan fingerprint density at radius 1 is 0.714 bits per heavy atom. The van der Waals surface area contributed by atoms with Crippen LogP contribution in [0.3, 0.4) is 0 Å². The molecule has 0 heterocycles. The average molecular weight is 503 g/mol. The number of benzene rings is 4. The molecule has 0 radical (unpaired) electrons. The van der Waals surface area contributed by atoms with Gasteiger partial charge < -0.3 is 0 Å². The van der Waals surface area contributed by atoms with E-state index in [1.807, 2.05) is 104 Å². The quantitative estimate of drug-likeness (QED) is 0.228. The maximum atomic E-state index is 12.8. The monoisotopic (exact) mass is 502 g/mol. The summed E-state index contributed by atoms with van der Waals surface area (Å²) >= 11 is 4.25. The van der Waals surface area contributed by atoms with Crippen LogP contribution in [0.1, 0.15) is 40.9 Å². The third-order valence-electron chi connectivity index (χ3n) is 5.70. The molecule has 4 aromatic rings. The molecule has 5 heteroatoms. The number of hydrogen-bond acceptors (Lipinski definition) is 4. The second kappa shape index (κ2) is 11.5. The zero-order chi connectivity index (χ0) is 25.5. The van der Waals surface area contributed by atoms with E-state index in [2.05, 4.69) is 12.6 Å². The molecule has 0 spiro atoms. The van der Waals surface area contributed by atoms with Crippen molar-refractivity contribution in [3.63, 3.8) is 0 Å². The molecule has 3 nitrogen and oxygen atoms in total. The van der Waals surface area contributed by atoms with Crippen molar-refractivity contribution in [2.45, 2.75) is 41.7 Å². The molecule has 0 amide bonds. The fraction of sp³-hybridized carbons (Fsp3) is 0.167. The molecule has 0 atom stereocenters. The number of sulfone groups is 1. The van der Waals surface area contributed by atoms with Crippen molar-refractivity contribution < 1.29 is 13.2 Å². The van der Waals surface area contributed by atoms with Gasteiger partial charge in [-0.3, -0.25) is 4.79 Å². The van der Waals surface area contributed by atoms with E-state index in [1.54, 1.807) is 26.0 Å². The molecular weight excluding hydrogens is 472 g/mol. The fourth-order valence-electron chi connectivity index (χ4n) is 3.58. The standard InChI is InChI=1S/C17H20O2S2.C13H10O/c1-13-4-10-16(11-5-13)21(18,19)17(2,3)12-14-6-8-15(20)9-7-14;14-13(11-7-3-1-4-8-11)12-9-5-2-6-10-12/h4-11,20H,12H2,1-3H3;1-10H. The first-order chi connectivity index (χ1) is 16.6. The third kappa shape index (κ3) is 6.93. The van der Waals surface area contributed by atoms with Gasteiger partial charge in [0, 0.05) is 16.0 Å². The molecule has 4 rings (SSSR count). The Labute approximate surface area is 214 Å². The highest BCUT2D eigenvalue weighted by Crippen LogP contribution is 2.29. The van der Waals surface area contributed by atoms with E-state index in [-0.39, 0.29) is 5.78 Å². The van der Waals surface area contributed by atoms with Gasteiger partial charge in [-0.15, -0.1) is 12.6 Å². The lowest BCUT2D eigenvalue weighted by atomic mass is 10.0. The van der Waals surface area contributed by atoms with Gasteiger partial charge in [-0.25, -0.2) is 8.42 Å². The first-order valence-electron chi connectivity index (χ1n) is 11.3.